The Bertz CT molecular complexity index is 615. The number of carbonyl (C=O) groups is 1. The van der Waals surface area contributed by atoms with Crippen LogP contribution in [0.25, 0.3) is 0 Å². The molecule has 0 aromatic heterocycles. The Morgan fingerprint density at radius 2 is 1.31 bits per heavy atom. The van der Waals surface area contributed by atoms with Crippen molar-refractivity contribution < 1.29 is 14.4 Å². The number of carboxylic acids is 1. The standard InChI is InChI=1S/C30H55N3O2/c1-2-3-4-5-6-7-8-9-10-11-12-13-14-15-16-17-18-19-20-21-22-23-29-32-25-27-33(29,26-24-31)28-30(34)35/h15-16,25,27H,2-14,17-24,26,28,31H2,1H3/b16-15+. The molecule has 202 valence electrons. The van der Waals surface area contributed by atoms with E-state index in [0.717, 1.165) is 25.1 Å². The molecule has 35 heavy (non-hydrogen) atoms. The van der Waals surface area contributed by atoms with E-state index in [1.54, 1.807) is 6.20 Å². The molecule has 0 radical (unpaired) electrons. The smallest absolute Gasteiger partial charge is 0.207 e. The van der Waals surface area contributed by atoms with Gasteiger partial charge in [-0.15, -0.1) is 0 Å². The molecule has 0 saturated carbocycles. The van der Waals surface area contributed by atoms with Gasteiger partial charge in [-0.1, -0.05) is 109 Å². The first-order chi connectivity index (χ1) is 17.1. The van der Waals surface area contributed by atoms with Gasteiger partial charge >= 0.3 is 0 Å². The third kappa shape index (κ3) is 16.0. The van der Waals surface area contributed by atoms with E-state index >= 15 is 0 Å². The molecule has 0 aromatic carbocycles. The number of carbonyl (C=O) groups excluding carboxylic acids is 1. The molecule has 1 heterocycles. The number of amidine groups is 1. The van der Waals surface area contributed by atoms with Crippen molar-refractivity contribution >= 4 is 11.8 Å². The Kier molecular flexibility index (Phi) is 19.7. The van der Waals surface area contributed by atoms with E-state index in [9.17, 15) is 9.90 Å². The first-order valence-corrected chi connectivity index (χ1v) is 14.8. The fourth-order valence-corrected chi connectivity index (χ4v) is 5.04. The molecule has 1 rings (SSSR count). The fourth-order valence-electron chi connectivity index (χ4n) is 5.04. The number of quaternary nitrogens is 1. The molecule has 0 aromatic rings. The molecule has 0 bridgehead atoms. The maximum atomic E-state index is 11.2. The highest BCUT2D eigenvalue weighted by atomic mass is 16.4. The molecule has 0 fully saturated rings. The van der Waals surface area contributed by atoms with Crippen LogP contribution in [0.5, 0.6) is 0 Å². The lowest BCUT2D eigenvalue weighted by Gasteiger charge is -2.32. The second kappa shape index (κ2) is 21.8. The van der Waals surface area contributed by atoms with Crippen LogP contribution in [0.4, 0.5) is 0 Å². The number of nitrogens with zero attached hydrogens (tertiary/aromatic N) is 2. The van der Waals surface area contributed by atoms with Gasteiger partial charge in [0.2, 0.25) is 5.84 Å². The molecule has 5 heteroatoms. The summed E-state index contributed by atoms with van der Waals surface area (Å²) < 4.78 is 0.239. The summed E-state index contributed by atoms with van der Waals surface area (Å²) in [5.41, 5.74) is 5.72. The molecule has 2 N–H and O–H groups in total. The van der Waals surface area contributed by atoms with Crippen LogP contribution in [-0.4, -0.2) is 35.9 Å². The highest BCUT2D eigenvalue weighted by molar-refractivity contribution is 5.80. The van der Waals surface area contributed by atoms with Crippen LogP contribution in [-0.2, 0) is 4.79 Å². The van der Waals surface area contributed by atoms with Crippen molar-refractivity contribution in [1.82, 2.24) is 0 Å². The number of allylic oxidation sites excluding steroid dienone is 2. The number of unbranched alkanes of at least 4 members (excludes halogenated alkanes) is 17. The Labute approximate surface area is 216 Å². The number of hydrogen-bond donors (Lipinski definition) is 1. The van der Waals surface area contributed by atoms with E-state index in [1.165, 1.54) is 109 Å². The minimum absolute atomic E-state index is 0.0713. The highest BCUT2D eigenvalue weighted by Crippen LogP contribution is 2.21. The maximum Gasteiger partial charge on any atom is 0.207 e. The summed E-state index contributed by atoms with van der Waals surface area (Å²) in [5.74, 6) is -0.134. The average molecular weight is 490 g/mol. The van der Waals surface area contributed by atoms with E-state index in [-0.39, 0.29) is 11.0 Å². The van der Waals surface area contributed by atoms with Crippen LogP contribution in [0.1, 0.15) is 135 Å². The molecule has 0 spiro atoms. The largest absolute Gasteiger partial charge is 0.544 e. The summed E-state index contributed by atoms with van der Waals surface area (Å²) in [6.07, 6.45) is 34.5. The topological polar surface area (TPSA) is 78.5 Å². The zero-order chi connectivity index (χ0) is 25.5. The van der Waals surface area contributed by atoms with Gasteiger partial charge in [-0.2, -0.15) is 0 Å². The van der Waals surface area contributed by atoms with Gasteiger partial charge in [-0.25, -0.2) is 9.48 Å². The Morgan fingerprint density at radius 1 is 0.829 bits per heavy atom. The number of rotatable bonds is 25. The first kappa shape index (κ1) is 31.6. The zero-order valence-electron chi connectivity index (χ0n) is 22.9. The van der Waals surface area contributed by atoms with E-state index in [0.29, 0.717) is 13.1 Å². The molecular weight excluding hydrogens is 434 g/mol. The molecule has 5 nitrogen and oxygen atoms in total. The van der Waals surface area contributed by atoms with Gasteiger partial charge in [0.05, 0.1) is 12.2 Å². The van der Waals surface area contributed by atoms with Crippen LogP contribution < -0.4 is 10.8 Å². The zero-order valence-corrected chi connectivity index (χ0v) is 22.9. The van der Waals surface area contributed by atoms with Gasteiger partial charge in [0.15, 0.2) is 0 Å². The second-order valence-electron chi connectivity index (χ2n) is 10.4. The lowest BCUT2D eigenvalue weighted by atomic mass is 10.0. The highest BCUT2D eigenvalue weighted by Gasteiger charge is 2.34. The number of aliphatic imine (C=N–C) groups is 1. The summed E-state index contributed by atoms with van der Waals surface area (Å²) in [6.45, 7) is 3.21. The van der Waals surface area contributed by atoms with Crippen LogP contribution in [0.2, 0.25) is 0 Å². The van der Waals surface area contributed by atoms with Gasteiger partial charge in [0.25, 0.3) is 0 Å². The molecule has 0 saturated heterocycles. The fraction of sp³-hybridized carbons (Fsp3) is 0.800. The molecule has 1 unspecified atom stereocenters. The van der Waals surface area contributed by atoms with Crippen molar-refractivity contribution in [2.75, 3.05) is 19.6 Å². The van der Waals surface area contributed by atoms with Crippen molar-refractivity contribution in [3.05, 3.63) is 24.6 Å². The summed E-state index contributed by atoms with van der Waals surface area (Å²) >= 11 is 0. The molecule has 1 atom stereocenters. The predicted octanol–water partition coefficient (Wildman–Crippen LogP) is 6.77. The summed E-state index contributed by atoms with van der Waals surface area (Å²) in [4.78, 5) is 15.6. The third-order valence-corrected chi connectivity index (χ3v) is 7.19. The minimum atomic E-state index is -1.05. The Balaban J connectivity index is 1.90. The maximum absolute atomic E-state index is 11.2. The number of aliphatic carboxylic acids is 1. The Hall–Kier alpha value is -1.46. The van der Waals surface area contributed by atoms with Gasteiger partial charge < -0.3 is 15.6 Å². The first-order valence-electron chi connectivity index (χ1n) is 14.8. The average Bonchev–Trinajstić information content (AvgIpc) is 3.21. The van der Waals surface area contributed by atoms with Gasteiger partial charge in [0, 0.05) is 13.0 Å². The minimum Gasteiger partial charge on any atom is -0.544 e. The summed E-state index contributed by atoms with van der Waals surface area (Å²) in [5, 5.41) is 11.2. The molecular formula is C30H55N3O2. The van der Waals surface area contributed by atoms with Gasteiger partial charge in [0.1, 0.15) is 19.3 Å². The predicted molar refractivity (Wildman–Crippen MR) is 148 cm³/mol. The molecule has 1 aliphatic rings. The summed E-state index contributed by atoms with van der Waals surface area (Å²) in [7, 11) is 0. The van der Waals surface area contributed by atoms with E-state index in [1.807, 2.05) is 6.20 Å². The number of nitrogens with two attached hydrogens (primary N) is 1. The second-order valence-corrected chi connectivity index (χ2v) is 10.4. The van der Waals surface area contributed by atoms with Crippen molar-refractivity contribution in [2.45, 2.75) is 135 Å². The van der Waals surface area contributed by atoms with Crippen molar-refractivity contribution in [3.8, 4) is 0 Å². The SMILES string of the molecule is CCCCCCCCCCCCCC/C=C/CCCCCCCC1=NC=C[N+]1(CCN)CC(=O)[O-]. The number of hydrogen-bond acceptors (Lipinski definition) is 4. The van der Waals surface area contributed by atoms with Crippen LogP contribution in [0.15, 0.2) is 29.5 Å². The van der Waals surface area contributed by atoms with E-state index < -0.39 is 5.97 Å². The lowest BCUT2D eigenvalue weighted by Crippen LogP contribution is -2.55. The molecule has 0 amide bonds. The van der Waals surface area contributed by atoms with Crippen LogP contribution in [0.3, 0.4) is 0 Å². The van der Waals surface area contributed by atoms with Crippen LogP contribution in [0, 0.1) is 0 Å². The van der Waals surface area contributed by atoms with Crippen molar-refractivity contribution in [1.29, 1.82) is 0 Å². The monoisotopic (exact) mass is 489 g/mol. The van der Waals surface area contributed by atoms with Crippen molar-refractivity contribution in [3.63, 3.8) is 0 Å². The summed E-state index contributed by atoms with van der Waals surface area (Å²) in [6, 6.07) is 0. The molecule has 1 aliphatic heterocycles. The van der Waals surface area contributed by atoms with E-state index in [2.05, 4.69) is 24.1 Å². The van der Waals surface area contributed by atoms with E-state index in [4.69, 9.17) is 5.73 Å². The van der Waals surface area contributed by atoms with Gasteiger partial charge in [-0.3, -0.25) is 0 Å². The Morgan fingerprint density at radius 3 is 1.80 bits per heavy atom. The lowest BCUT2D eigenvalue weighted by molar-refractivity contribution is -0.780. The van der Waals surface area contributed by atoms with Gasteiger partial charge in [-0.05, 0) is 32.1 Å². The van der Waals surface area contributed by atoms with Crippen molar-refractivity contribution in [2.24, 2.45) is 10.7 Å². The number of carboxylic acid groups (broad SMARTS) is 1. The normalized spacial score (nSPS) is 17.5. The third-order valence-electron chi connectivity index (χ3n) is 7.19. The molecule has 0 aliphatic carbocycles. The quantitative estimate of drug-likeness (QED) is 0.0872. The van der Waals surface area contributed by atoms with Crippen LogP contribution >= 0.6 is 0 Å².